The minimum absolute atomic E-state index is 0.0133. The maximum atomic E-state index is 12.9. The Morgan fingerprint density at radius 3 is 2.50 bits per heavy atom. The summed E-state index contributed by atoms with van der Waals surface area (Å²) in [6, 6.07) is 17.4. The zero-order chi connectivity index (χ0) is 23.5. The average Bonchev–Trinajstić information content (AvgIpc) is 3.55. The highest BCUT2D eigenvalue weighted by molar-refractivity contribution is 5.90. The maximum Gasteiger partial charge on any atom is 0.338 e. The molecule has 1 saturated heterocycles. The summed E-state index contributed by atoms with van der Waals surface area (Å²) in [5.41, 5.74) is 2.63. The van der Waals surface area contributed by atoms with Crippen LogP contribution in [-0.2, 0) is 14.3 Å². The zero-order valence-electron chi connectivity index (χ0n) is 19.3. The number of esters is 2. The van der Waals surface area contributed by atoms with Crippen LogP contribution in [0.2, 0.25) is 0 Å². The predicted octanol–water partition coefficient (Wildman–Crippen LogP) is 5.33. The Kier molecular flexibility index (Phi) is 6.82. The zero-order valence-corrected chi connectivity index (χ0v) is 19.3. The molecule has 0 unspecified atom stereocenters. The van der Waals surface area contributed by atoms with Crippen LogP contribution in [0.15, 0.2) is 66.7 Å². The number of carbonyl (C=O) groups excluding carboxylic acids is 2. The van der Waals surface area contributed by atoms with Gasteiger partial charge < -0.3 is 14.6 Å². The summed E-state index contributed by atoms with van der Waals surface area (Å²) in [5, 5.41) is 10.5. The van der Waals surface area contributed by atoms with Crippen molar-refractivity contribution in [3.8, 4) is 11.1 Å². The molecule has 0 spiro atoms. The van der Waals surface area contributed by atoms with E-state index in [0.717, 1.165) is 17.5 Å². The SMILES string of the molecule is O=C1C[C@@H]2[C@@H](/C=C/[C@@H](O)CC3CCCC3)[C@H](OC(=O)c3ccc(-c4ccccc4)cc3)C[C@@H]2O1. The van der Waals surface area contributed by atoms with Gasteiger partial charge in [0.25, 0.3) is 0 Å². The van der Waals surface area contributed by atoms with Crippen LogP contribution >= 0.6 is 0 Å². The molecule has 2 aromatic carbocycles. The molecular formula is C29H32O5. The molecule has 2 saturated carbocycles. The second kappa shape index (κ2) is 10.1. The van der Waals surface area contributed by atoms with Crippen LogP contribution in [-0.4, -0.2) is 35.4 Å². The number of fused-ring (bicyclic) bond motifs is 1. The third-order valence-electron chi connectivity index (χ3n) is 7.64. The molecule has 3 fully saturated rings. The van der Waals surface area contributed by atoms with Gasteiger partial charge in [-0.15, -0.1) is 0 Å². The van der Waals surface area contributed by atoms with Crippen molar-refractivity contribution in [1.29, 1.82) is 0 Å². The Morgan fingerprint density at radius 2 is 1.76 bits per heavy atom. The first-order valence-electron chi connectivity index (χ1n) is 12.5. The summed E-state index contributed by atoms with van der Waals surface area (Å²) < 4.78 is 11.4. The number of rotatable bonds is 7. The standard InChI is InChI=1S/C29H32O5/c30-23(16-19-6-4-5-7-19)14-15-24-25-17-28(31)33-27(25)18-26(24)34-29(32)22-12-10-21(11-13-22)20-8-2-1-3-9-20/h1-3,8-15,19,23-27,30H,4-7,16-18H2/b15-14+/t23-,24-,25-,26-,27+/m1/s1. The Balaban J connectivity index is 1.26. The summed E-state index contributed by atoms with van der Waals surface area (Å²) in [5.74, 6) is -0.134. The van der Waals surface area contributed by atoms with Crippen LogP contribution in [0.4, 0.5) is 0 Å². The van der Waals surface area contributed by atoms with E-state index < -0.39 is 6.10 Å². The molecule has 0 radical (unpaired) electrons. The molecule has 0 aromatic heterocycles. The number of aliphatic hydroxyl groups is 1. The summed E-state index contributed by atoms with van der Waals surface area (Å²) in [7, 11) is 0. The highest BCUT2D eigenvalue weighted by atomic mass is 16.6. The number of benzene rings is 2. The molecule has 5 heteroatoms. The first-order valence-corrected chi connectivity index (χ1v) is 12.5. The van der Waals surface area contributed by atoms with Gasteiger partial charge in [0.2, 0.25) is 0 Å². The Morgan fingerprint density at radius 1 is 1.06 bits per heavy atom. The molecule has 3 aliphatic rings. The van der Waals surface area contributed by atoms with Crippen LogP contribution in [0.3, 0.4) is 0 Å². The van der Waals surface area contributed by atoms with Crippen LogP contribution in [0.1, 0.15) is 55.3 Å². The second-order valence-corrected chi connectivity index (χ2v) is 9.93. The highest BCUT2D eigenvalue weighted by Gasteiger charge is 2.50. The lowest BCUT2D eigenvalue weighted by atomic mass is 9.90. The molecule has 1 heterocycles. The monoisotopic (exact) mass is 460 g/mol. The number of hydrogen-bond acceptors (Lipinski definition) is 5. The number of aliphatic hydroxyl groups excluding tert-OH is 1. The molecule has 34 heavy (non-hydrogen) atoms. The lowest BCUT2D eigenvalue weighted by Gasteiger charge is -2.21. The van der Waals surface area contributed by atoms with Crippen LogP contribution in [0.25, 0.3) is 11.1 Å². The third-order valence-corrected chi connectivity index (χ3v) is 7.64. The lowest BCUT2D eigenvalue weighted by molar-refractivity contribution is -0.141. The fourth-order valence-electron chi connectivity index (χ4n) is 5.85. The largest absolute Gasteiger partial charge is 0.462 e. The molecule has 178 valence electrons. The average molecular weight is 461 g/mol. The number of carbonyl (C=O) groups is 2. The quantitative estimate of drug-likeness (QED) is 0.447. The van der Waals surface area contributed by atoms with Gasteiger partial charge in [0, 0.05) is 18.3 Å². The van der Waals surface area contributed by atoms with Crippen molar-refractivity contribution >= 4 is 11.9 Å². The van der Waals surface area contributed by atoms with Crippen molar-refractivity contribution in [3.63, 3.8) is 0 Å². The van der Waals surface area contributed by atoms with Gasteiger partial charge in [-0.1, -0.05) is 80.3 Å². The van der Waals surface area contributed by atoms with Crippen LogP contribution in [0, 0.1) is 17.8 Å². The molecule has 1 N–H and O–H groups in total. The fourth-order valence-corrected chi connectivity index (χ4v) is 5.85. The molecular weight excluding hydrogens is 428 g/mol. The van der Waals surface area contributed by atoms with Crippen molar-refractivity contribution in [2.24, 2.45) is 17.8 Å². The Bertz CT molecular complexity index is 1020. The summed E-state index contributed by atoms with van der Waals surface area (Å²) >= 11 is 0. The van der Waals surface area contributed by atoms with Crippen molar-refractivity contribution in [2.45, 2.75) is 63.3 Å². The smallest absolute Gasteiger partial charge is 0.338 e. The summed E-state index contributed by atoms with van der Waals surface area (Å²) in [6.07, 6.45) is 9.14. The van der Waals surface area contributed by atoms with E-state index >= 15 is 0 Å². The number of ether oxygens (including phenoxy) is 2. The van der Waals surface area contributed by atoms with Crippen LogP contribution < -0.4 is 0 Å². The second-order valence-electron chi connectivity index (χ2n) is 9.93. The Hall–Kier alpha value is -2.92. The maximum absolute atomic E-state index is 12.9. The molecule has 5 rings (SSSR count). The van der Waals surface area contributed by atoms with Gasteiger partial charge in [-0.2, -0.15) is 0 Å². The highest BCUT2D eigenvalue weighted by Crippen LogP contribution is 2.44. The molecule has 2 aromatic rings. The van der Waals surface area contributed by atoms with Gasteiger partial charge in [0.15, 0.2) is 0 Å². The van der Waals surface area contributed by atoms with Gasteiger partial charge in [-0.05, 0) is 35.6 Å². The lowest BCUT2D eigenvalue weighted by Crippen LogP contribution is -2.25. The topological polar surface area (TPSA) is 72.8 Å². The summed E-state index contributed by atoms with van der Waals surface area (Å²) in [4.78, 5) is 24.8. The predicted molar refractivity (Wildman–Crippen MR) is 129 cm³/mol. The van der Waals surface area contributed by atoms with Gasteiger partial charge in [0.1, 0.15) is 12.2 Å². The van der Waals surface area contributed by atoms with Crippen LogP contribution in [0.5, 0.6) is 0 Å². The minimum Gasteiger partial charge on any atom is -0.462 e. The normalized spacial score (nSPS) is 27.6. The molecule has 5 atom stereocenters. The van der Waals surface area contributed by atoms with E-state index in [1.807, 2.05) is 54.6 Å². The van der Waals surface area contributed by atoms with Gasteiger partial charge in [-0.25, -0.2) is 4.79 Å². The van der Waals surface area contributed by atoms with E-state index in [9.17, 15) is 14.7 Å². The van der Waals surface area contributed by atoms with Crippen molar-refractivity contribution in [3.05, 3.63) is 72.3 Å². The molecule has 5 nitrogen and oxygen atoms in total. The van der Waals surface area contributed by atoms with Crippen molar-refractivity contribution in [1.82, 2.24) is 0 Å². The van der Waals surface area contributed by atoms with Gasteiger partial charge >= 0.3 is 11.9 Å². The van der Waals surface area contributed by atoms with Gasteiger partial charge in [-0.3, -0.25) is 4.79 Å². The van der Waals surface area contributed by atoms with E-state index in [0.29, 0.717) is 24.3 Å². The molecule has 1 aliphatic heterocycles. The third kappa shape index (κ3) is 5.10. The first kappa shape index (κ1) is 22.9. The first-order chi connectivity index (χ1) is 16.6. The number of hydrogen-bond donors (Lipinski definition) is 1. The Labute approximate surface area is 200 Å². The molecule has 0 bridgehead atoms. The van der Waals surface area contributed by atoms with Crippen molar-refractivity contribution in [2.75, 3.05) is 0 Å². The van der Waals surface area contributed by atoms with E-state index in [4.69, 9.17) is 9.47 Å². The van der Waals surface area contributed by atoms with Crippen molar-refractivity contribution < 1.29 is 24.2 Å². The van der Waals surface area contributed by atoms with E-state index in [1.54, 1.807) is 12.1 Å². The fraction of sp³-hybridized carbons (Fsp3) is 0.448. The summed E-state index contributed by atoms with van der Waals surface area (Å²) in [6.45, 7) is 0. The van der Waals surface area contributed by atoms with Gasteiger partial charge in [0.05, 0.1) is 18.1 Å². The minimum atomic E-state index is -0.512. The molecule has 0 amide bonds. The van der Waals surface area contributed by atoms with E-state index in [1.165, 1.54) is 25.7 Å². The van der Waals surface area contributed by atoms with E-state index in [-0.39, 0.29) is 36.0 Å². The molecule has 2 aliphatic carbocycles. The van der Waals surface area contributed by atoms with E-state index in [2.05, 4.69) is 0 Å².